The zero-order valence-electron chi connectivity index (χ0n) is 53.1. The van der Waals surface area contributed by atoms with Crippen molar-refractivity contribution in [3.8, 4) is 31.7 Å². The van der Waals surface area contributed by atoms with Crippen LogP contribution in [0, 0.1) is 0 Å². The number of benzene rings is 5. The molecule has 5 aromatic carbocycles. The Kier molecular flexibility index (Phi) is 23.1. The predicted octanol–water partition coefficient (Wildman–Crippen LogP) is 16.7. The lowest BCUT2D eigenvalue weighted by atomic mass is 9.94. The first-order chi connectivity index (χ1) is 42.9. The summed E-state index contributed by atoms with van der Waals surface area (Å²) < 4.78 is 15.4. The van der Waals surface area contributed by atoms with Gasteiger partial charge in [-0.25, -0.2) is 24.7 Å². The van der Waals surface area contributed by atoms with Gasteiger partial charge in [-0.1, -0.05) is 33.6 Å². The van der Waals surface area contributed by atoms with Gasteiger partial charge in [0, 0.05) is 147 Å². The van der Waals surface area contributed by atoms with Crippen molar-refractivity contribution in [3.05, 3.63) is 126 Å². The average molecular weight is 1400 g/mol. The summed E-state index contributed by atoms with van der Waals surface area (Å²) >= 11 is 8.63. The lowest BCUT2D eigenvalue weighted by Gasteiger charge is -2.35. The molecule has 1 amide bonds. The Bertz CT molecular complexity index is 4260. The van der Waals surface area contributed by atoms with Crippen molar-refractivity contribution in [2.75, 3.05) is 69.7 Å². The first-order valence-electron chi connectivity index (χ1n) is 30.9. The molecule has 2 saturated heterocycles. The van der Waals surface area contributed by atoms with Crippen LogP contribution in [0.4, 0.5) is 16.2 Å². The summed E-state index contributed by atoms with van der Waals surface area (Å²) in [4.78, 5) is 39.4. The number of halogens is 3. The van der Waals surface area contributed by atoms with Crippen LogP contribution in [0.1, 0.15) is 80.1 Å². The Hall–Kier alpha value is -6.82. The van der Waals surface area contributed by atoms with Crippen LogP contribution in [0.5, 0.6) is 0 Å². The Labute approximate surface area is 572 Å². The summed E-state index contributed by atoms with van der Waals surface area (Å²) in [5.74, 6) is 0. The molecule has 3 fully saturated rings. The smallest absolute Gasteiger partial charge is 0.410 e. The lowest BCUT2D eigenvalue weighted by molar-refractivity contribution is 0.0149. The van der Waals surface area contributed by atoms with Gasteiger partial charge in [0.15, 0.2) is 5.65 Å². The molecule has 2 aliphatic heterocycles. The second-order valence-electron chi connectivity index (χ2n) is 24.5. The maximum Gasteiger partial charge on any atom is 0.410 e. The minimum absolute atomic E-state index is 0. The molecule has 17 nitrogen and oxygen atoms in total. The summed E-state index contributed by atoms with van der Waals surface area (Å²) in [6, 6.07) is 35.7. The first-order valence-corrected chi connectivity index (χ1v) is 34.1. The molecule has 0 spiro atoms. The molecular weight excluding hydrogens is 1320 g/mol. The lowest BCUT2D eigenvalue weighted by Crippen LogP contribution is -2.49. The molecule has 1 saturated carbocycles. The standard InChI is InChI=1S/C22H24N4S.C21H23N5S.C14H9BrN4S.C11H22N2O2.CH4.2ClH/c1-25-14-16-12-15(8-10-19(16)24-25)22-23-20-11-9-18(13-21(20)27-22)26(2)17-6-4-3-5-7-17;1-25-13-15-11-14(3-5-18(15)24-25)21-23-19-6-4-17(12-20(19)27-21)26(2)16-7-9-22-10-8-16;1-19-7-9-4-8(2-3-11(9)18-19)14-17-13-12(20-14)5-10(15)6-16-13;1-5-12-6-8-13(9-7-12)10(14)15-11(2,3)4;;;/h8-14,17H,3-7H2,1-2H3;3-6,11-13,16,22H,7-10H2,1-2H3;2-7H,1H3;5-9H2,1-4H3;1H4;2*1H. The molecule has 0 bridgehead atoms. The highest BCUT2D eigenvalue weighted by Crippen LogP contribution is 2.38. The molecule has 1 N–H and O–H groups in total. The van der Waals surface area contributed by atoms with Crippen LogP contribution in [0.25, 0.3) is 95.2 Å². The molecule has 0 atom stereocenters. The van der Waals surface area contributed by atoms with E-state index in [-0.39, 0.29) is 43.9 Å². The average Bonchev–Trinajstić information content (AvgIpc) is 1.67. The fourth-order valence-electron chi connectivity index (χ4n) is 11.9. The Morgan fingerprint density at radius 1 is 0.587 bits per heavy atom. The molecule has 12 aromatic rings. The number of nitrogens with zero attached hydrogens (tertiary/aromatic N) is 14. The zero-order valence-corrected chi connectivity index (χ0v) is 58.8. The van der Waals surface area contributed by atoms with Crippen molar-refractivity contribution in [2.24, 2.45) is 21.1 Å². The minimum atomic E-state index is -0.390. The number of amides is 1. The van der Waals surface area contributed by atoms with Crippen LogP contribution in [-0.2, 0) is 25.9 Å². The van der Waals surface area contributed by atoms with Gasteiger partial charge < -0.3 is 29.7 Å². The van der Waals surface area contributed by atoms with Gasteiger partial charge in [0.05, 0.1) is 41.7 Å². The van der Waals surface area contributed by atoms with E-state index in [2.05, 4.69) is 180 Å². The number of piperidine rings is 1. The quantitative estimate of drug-likeness (QED) is 0.153. The molecule has 486 valence electrons. The number of ether oxygens (including phenoxy) is 1. The summed E-state index contributed by atoms with van der Waals surface area (Å²) in [6.07, 6.45) is 16.9. The Morgan fingerprint density at radius 2 is 1.02 bits per heavy atom. The van der Waals surface area contributed by atoms with E-state index in [9.17, 15) is 4.79 Å². The van der Waals surface area contributed by atoms with E-state index in [1.807, 2.05) is 74.3 Å². The number of carbonyl (C=O) groups is 1. The summed E-state index contributed by atoms with van der Waals surface area (Å²) in [5, 5.41) is 23.3. The van der Waals surface area contributed by atoms with Crippen LogP contribution in [0.2, 0.25) is 0 Å². The van der Waals surface area contributed by atoms with Crippen molar-refractivity contribution in [3.63, 3.8) is 0 Å². The Balaban J connectivity index is 0.000000147. The number of anilines is 2. The van der Waals surface area contributed by atoms with Gasteiger partial charge in [-0.3, -0.25) is 14.0 Å². The van der Waals surface area contributed by atoms with Crippen LogP contribution in [-0.4, -0.2) is 143 Å². The highest BCUT2D eigenvalue weighted by molar-refractivity contribution is 9.10. The molecule has 0 radical (unpaired) electrons. The molecule has 15 rings (SSSR count). The van der Waals surface area contributed by atoms with Crippen LogP contribution in [0.3, 0.4) is 0 Å². The molecule has 7 aromatic heterocycles. The third-order valence-corrected chi connectivity index (χ3v) is 20.4. The van der Waals surface area contributed by atoms with E-state index in [1.54, 1.807) is 45.1 Å². The van der Waals surface area contributed by atoms with Crippen molar-refractivity contribution in [1.29, 1.82) is 0 Å². The van der Waals surface area contributed by atoms with Gasteiger partial charge in [-0.05, 0) is 179 Å². The van der Waals surface area contributed by atoms with Crippen molar-refractivity contribution >= 4 is 156 Å². The van der Waals surface area contributed by atoms with Gasteiger partial charge in [0.1, 0.15) is 20.6 Å². The maximum atomic E-state index is 11.7. The van der Waals surface area contributed by atoms with E-state index in [1.165, 1.54) is 71.3 Å². The SMILES string of the molecule is C.CCN1CCN(C(=O)OC(C)(C)C)CC1.CN(c1ccc2nc(-c3ccc4nn(C)cc4c3)sc2c1)C1CCCCC1.CN(c1ccc2nc(-c3ccc4nn(C)cc4c3)sc2c1)C1CCNCC1.Cl.Cl.Cn1cc2cc(-c3nc4ncc(Br)cc4s3)ccc2n1. The second-order valence-corrected chi connectivity index (χ2v) is 28.5. The first kappa shape index (κ1) is 69.5. The largest absolute Gasteiger partial charge is 0.444 e. The number of likely N-dealkylation sites (N-methyl/N-ethyl adjacent to an activating group) is 1. The van der Waals surface area contributed by atoms with E-state index >= 15 is 0 Å². The molecule has 3 aliphatic rings. The van der Waals surface area contributed by atoms with Gasteiger partial charge >= 0.3 is 6.09 Å². The third kappa shape index (κ3) is 16.6. The normalized spacial score (nSPS) is 14.8. The Morgan fingerprint density at radius 3 is 1.48 bits per heavy atom. The van der Waals surface area contributed by atoms with Crippen LogP contribution >= 0.6 is 74.8 Å². The molecule has 23 heteroatoms. The van der Waals surface area contributed by atoms with E-state index < -0.39 is 0 Å². The third-order valence-electron chi connectivity index (χ3n) is 16.8. The van der Waals surface area contributed by atoms with E-state index in [0.29, 0.717) is 12.1 Å². The molecule has 0 unspecified atom stereocenters. The number of fused-ring (bicyclic) bond motifs is 6. The zero-order chi connectivity index (χ0) is 61.9. The molecule has 1 aliphatic carbocycles. The van der Waals surface area contributed by atoms with Crippen molar-refractivity contribution in [2.45, 2.75) is 97.8 Å². The number of rotatable bonds is 8. The van der Waals surface area contributed by atoms with Crippen molar-refractivity contribution in [1.82, 2.24) is 64.4 Å². The fraction of sp³-hybridized carbons (Fsp3) is 0.391. The van der Waals surface area contributed by atoms with Crippen LogP contribution in [0.15, 0.2) is 126 Å². The maximum absolute atomic E-state index is 11.7. The minimum Gasteiger partial charge on any atom is -0.444 e. The number of nitrogens with one attached hydrogen (secondary N) is 1. The highest BCUT2D eigenvalue weighted by Gasteiger charge is 2.26. The van der Waals surface area contributed by atoms with Gasteiger partial charge in [0.2, 0.25) is 0 Å². The van der Waals surface area contributed by atoms with Gasteiger partial charge in [-0.2, -0.15) is 15.3 Å². The predicted molar refractivity (Wildman–Crippen MR) is 394 cm³/mol. The second kappa shape index (κ2) is 30.5. The number of piperazine rings is 1. The summed E-state index contributed by atoms with van der Waals surface area (Å²) in [5.41, 5.74) is 11.6. The summed E-state index contributed by atoms with van der Waals surface area (Å²) in [7, 11) is 10.3. The van der Waals surface area contributed by atoms with Gasteiger partial charge in [0.25, 0.3) is 0 Å². The fourth-order valence-corrected chi connectivity index (χ4v) is 15.4. The number of pyridine rings is 1. The number of aromatic nitrogens is 10. The number of hydrogen-bond acceptors (Lipinski definition) is 16. The number of thiazole rings is 3. The number of hydrogen-bond donors (Lipinski definition) is 1. The van der Waals surface area contributed by atoms with Crippen LogP contribution < -0.4 is 15.1 Å². The topological polar surface area (TPSA) is 156 Å². The molecule has 9 heterocycles. The summed E-state index contributed by atoms with van der Waals surface area (Å²) in [6.45, 7) is 14.6. The molecule has 92 heavy (non-hydrogen) atoms. The van der Waals surface area contributed by atoms with Gasteiger partial charge in [-0.15, -0.1) is 58.8 Å². The van der Waals surface area contributed by atoms with Crippen molar-refractivity contribution < 1.29 is 9.53 Å². The number of aryl methyl sites for hydroxylation is 3. The highest BCUT2D eigenvalue weighted by atomic mass is 79.9. The molecular formula is C69H84BrCl2N15O2S3. The van der Waals surface area contributed by atoms with E-state index in [4.69, 9.17) is 14.7 Å². The number of carbonyl (C=O) groups excluding carboxylic acids is 1. The van der Waals surface area contributed by atoms with E-state index in [0.717, 1.165) is 131 Å². The monoisotopic (exact) mass is 1400 g/mol.